The molecule has 1 aromatic heterocycles. The van der Waals surface area contributed by atoms with E-state index in [0.29, 0.717) is 23.9 Å². The number of nitrogens with one attached hydrogen (secondary N) is 1. The fourth-order valence-electron chi connectivity index (χ4n) is 2.40. The quantitative estimate of drug-likeness (QED) is 0.867. The Labute approximate surface area is 124 Å². The molecule has 0 atom stereocenters. The maximum atomic E-state index is 11.4. The van der Waals surface area contributed by atoms with Crippen LogP contribution in [-0.2, 0) is 9.84 Å². The summed E-state index contributed by atoms with van der Waals surface area (Å²) in [6.45, 7) is 1.89. The van der Waals surface area contributed by atoms with Crippen LogP contribution in [0.4, 0.5) is 5.82 Å². The van der Waals surface area contributed by atoms with Crippen LogP contribution >= 0.6 is 11.6 Å². The van der Waals surface area contributed by atoms with Crippen molar-refractivity contribution in [3.8, 4) is 0 Å². The van der Waals surface area contributed by atoms with Crippen LogP contribution in [0.3, 0.4) is 0 Å². The molecule has 2 fully saturated rings. The molecule has 3 rings (SSSR count). The standard InChI is InChI=1S/C13H18ClN3O2S/c1-8-11(14)16-13(9-2-3-9)17-12(8)15-10-4-6-20(18,19)7-5-10/h9-10H,2-7H2,1H3,(H,15,16,17). The van der Waals surface area contributed by atoms with Gasteiger partial charge in [0.15, 0.2) is 0 Å². The average Bonchev–Trinajstić information content (AvgIpc) is 3.21. The van der Waals surface area contributed by atoms with E-state index < -0.39 is 9.84 Å². The first-order chi connectivity index (χ1) is 9.44. The molecule has 2 heterocycles. The molecule has 0 amide bonds. The Bertz CT molecular complexity index is 615. The molecular formula is C13H18ClN3O2S. The topological polar surface area (TPSA) is 72.0 Å². The number of hydrogen-bond acceptors (Lipinski definition) is 5. The highest BCUT2D eigenvalue weighted by Crippen LogP contribution is 2.39. The molecular weight excluding hydrogens is 298 g/mol. The number of halogens is 1. The van der Waals surface area contributed by atoms with E-state index in [0.717, 1.165) is 30.0 Å². The van der Waals surface area contributed by atoms with Gasteiger partial charge in [-0.25, -0.2) is 18.4 Å². The van der Waals surface area contributed by atoms with Crippen LogP contribution in [0, 0.1) is 6.92 Å². The fourth-order valence-corrected chi connectivity index (χ4v) is 4.07. The zero-order valence-electron chi connectivity index (χ0n) is 11.4. The number of nitrogens with zero attached hydrogens (tertiary/aromatic N) is 2. The number of anilines is 1. The Morgan fingerprint density at radius 3 is 2.40 bits per heavy atom. The second kappa shape index (κ2) is 5.15. The molecule has 0 aromatic carbocycles. The van der Waals surface area contributed by atoms with Crippen LogP contribution < -0.4 is 5.32 Å². The average molecular weight is 316 g/mol. The van der Waals surface area contributed by atoms with Gasteiger partial charge in [-0.2, -0.15) is 0 Å². The Balaban J connectivity index is 1.77. The van der Waals surface area contributed by atoms with Gasteiger partial charge in [0.1, 0.15) is 26.6 Å². The minimum absolute atomic E-state index is 0.148. The van der Waals surface area contributed by atoms with Gasteiger partial charge in [-0.05, 0) is 32.6 Å². The molecule has 0 unspecified atom stereocenters. The van der Waals surface area contributed by atoms with Crippen molar-refractivity contribution in [1.82, 2.24) is 9.97 Å². The second-order valence-electron chi connectivity index (χ2n) is 5.69. The van der Waals surface area contributed by atoms with Gasteiger partial charge in [-0.3, -0.25) is 0 Å². The number of hydrogen-bond donors (Lipinski definition) is 1. The molecule has 0 bridgehead atoms. The smallest absolute Gasteiger partial charge is 0.150 e. The Kier molecular flexibility index (Phi) is 3.62. The summed E-state index contributed by atoms with van der Waals surface area (Å²) in [5, 5.41) is 3.84. The van der Waals surface area contributed by atoms with Gasteiger partial charge in [0, 0.05) is 17.5 Å². The predicted molar refractivity (Wildman–Crippen MR) is 79.1 cm³/mol. The molecule has 0 spiro atoms. The van der Waals surface area contributed by atoms with Gasteiger partial charge in [-0.1, -0.05) is 11.6 Å². The summed E-state index contributed by atoms with van der Waals surface area (Å²) in [7, 11) is -2.84. The molecule has 20 heavy (non-hydrogen) atoms. The zero-order valence-corrected chi connectivity index (χ0v) is 13.0. The van der Waals surface area contributed by atoms with Crippen LogP contribution in [0.25, 0.3) is 0 Å². The van der Waals surface area contributed by atoms with E-state index >= 15 is 0 Å². The van der Waals surface area contributed by atoms with E-state index in [1.807, 2.05) is 6.92 Å². The normalized spacial score (nSPS) is 22.7. The molecule has 1 N–H and O–H groups in total. The predicted octanol–water partition coefficient (Wildman–Crippen LogP) is 2.30. The van der Waals surface area contributed by atoms with Crippen molar-refractivity contribution in [1.29, 1.82) is 0 Å². The second-order valence-corrected chi connectivity index (χ2v) is 8.35. The lowest BCUT2D eigenvalue weighted by Crippen LogP contribution is -2.32. The highest BCUT2D eigenvalue weighted by atomic mass is 35.5. The Hall–Kier alpha value is -0.880. The van der Waals surface area contributed by atoms with Gasteiger partial charge in [0.25, 0.3) is 0 Å². The van der Waals surface area contributed by atoms with E-state index in [1.54, 1.807) is 0 Å². The molecule has 1 aromatic rings. The first kappa shape index (κ1) is 14.1. The Morgan fingerprint density at radius 2 is 1.80 bits per heavy atom. The maximum absolute atomic E-state index is 11.4. The van der Waals surface area contributed by atoms with Gasteiger partial charge < -0.3 is 5.32 Å². The van der Waals surface area contributed by atoms with Crippen molar-refractivity contribution < 1.29 is 8.42 Å². The molecule has 1 saturated heterocycles. The highest BCUT2D eigenvalue weighted by molar-refractivity contribution is 7.91. The van der Waals surface area contributed by atoms with Crippen LogP contribution in [-0.4, -0.2) is 35.9 Å². The van der Waals surface area contributed by atoms with Crippen molar-refractivity contribution in [2.24, 2.45) is 0 Å². The first-order valence-corrected chi connectivity index (χ1v) is 9.15. The summed E-state index contributed by atoms with van der Waals surface area (Å²) < 4.78 is 22.9. The van der Waals surface area contributed by atoms with Crippen LogP contribution in [0.15, 0.2) is 0 Å². The number of sulfone groups is 1. The minimum atomic E-state index is -2.84. The Morgan fingerprint density at radius 1 is 1.15 bits per heavy atom. The van der Waals surface area contributed by atoms with E-state index in [2.05, 4.69) is 15.3 Å². The van der Waals surface area contributed by atoms with Gasteiger partial charge in [0.05, 0.1) is 11.5 Å². The highest BCUT2D eigenvalue weighted by Gasteiger charge is 2.29. The monoisotopic (exact) mass is 315 g/mol. The van der Waals surface area contributed by atoms with Gasteiger partial charge in [0.2, 0.25) is 0 Å². The minimum Gasteiger partial charge on any atom is -0.367 e. The van der Waals surface area contributed by atoms with Gasteiger partial charge in [-0.15, -0.1) is 0 Å². The molecule has 2 aliphatic rings. The molecule has 1 aliphatic heterocycles. The van der Waals surface area contributed by atoms with E-state index in [4.69, 9.17) is 11.6 Å². The van der Waals surface area contributed by atoms with E-state index in [1.165, 1.54) is 0 Å². The van der Waals surface area contributed by atoms with Crippen molar-refractivity contribution in [3.63, 3.8) is 0 Å². The lowest BCUT2D eigenvalue weighted by atomic mass is 10.1. The van der Waals surface area contributed by atoms with Crippen molar-refractivity contribution in [3.05, 3.63) is 16.5 Å². The van der Waals surface area contributed by atoms with E-state index in [9.17, 15) is 8.42 Å². The van der Waals surface area contributed by atoms with Crippen molar-refractivity contribution in [2.75, 3.05) is 16.8 Å². The third-order valence-corrected chi connectivity index (χ3v) is 6.03. The summed E-state index contributed by atoms with van der Waals surface area (Å²) in [6.07, 6.45) is 3.51. The van der Waals surface area contributed by atoms with Crippen molar-refractivity contribution >= 4 is 27.3 Å². The van der Waals surface area contributed by atoms with Crippen LogP contribution in [0.5, 0.6) is 0 Å². The SMILES string of the molecule is Cc1c(Cl)nc(C2CC2)nc1NC1CCS(=O)(=O)CC1. The molecule has 1 aliphatic carbocycles. The molecule has 1 saturated carbocycles. The first-order valence-electron chi connectivity index (χ1n) is 6.95. The molecule has 110 valence electrons. The maximum Gasteiger partial charge on any atom is 0.150 e. The zero-order chi connectivity index (χ0) is 14.3. The summed E-state index contributed by atoms with van der Waals surface area (Å²) in [6, 6.07) is 0.148. The third-order valence-electron chi connectivity index (χ3n) is 3.94. The molecule has 5 nitrogen and oxygen atoms in total. The lowest BCUT2D eigenvalue weighted by Gasteiger charge is -2.24. The molecule has 0 radical (unpaired) electrons. The summed E-state index contributed by atoms with van der Waals surface area (Å²) in [5.74, 6) is 2.51. The van der Waals surface area contributed by atoms with Crippen LogP contribution in [0.2, 0.25) is 5.15 Å². The third kappa shape index (κ3) is 3.06. The molecule has 7 heteroatoms. The fraction of sp³-hybridized carbons (Fsp3) is 0.692. The van der Waals surface area contributed by atoms with E-state index in [-0.39, 0.29) is 17.5 Å². The largest absolute Gasteiger partial charge is 0.367 e. The lowest BCUT2D eigenvalue weighted by molar-refractivity contribution is 0.558. The number of rotatable bonds is 3. The van der Waals surface area contributed by atoms with Gasteiger partial charge >= 0.3 is 0 Å². The van der Waals surface area contributed by atoms with Crippen molar-refractivity contribution in [2.45, 2.75) is 44.6 Å². The summed E-state index contributed by atoms with van der Waals surface area (Å²) in [5.41, 5.74) is 0.837. The van der Waals surface area contributed by atoms with Crippen LogP contribution in [0.1, 0.15) is 43.0 Å². The summed E-state index contributed by atoms with van der Waals surface area (Å²) >= 11 is 6.17. The number of aromatic nitrogens is 2. The summed E-state index contributed by atoms with van der Waals surface area (Å²) in [4.78, 5) is 8.90.